The maximum absolute atomic E-state index is 7.33. The fourth-order valence-corrected chi connectivity index (χ4v) is 1.58. The van der Waals surface area contributed by atoms with Crippen LogP contribution in [-0.4, -0.2) is 12.4 Å². The molecular weight excluding hydrogens is 224 g/mol. The van der Waals surface area contributed by atoms with Crippen LogP contribution in [0.1, 0.15) is 38.8 Å². The highest BCUT2D eigenvalue weighted by Gasteiger charge is 2.15. The Labute approximate surface area is 110 Å². The molecule has 0 saturated carbocycles. The third-order valence-electron chi connectivity index (χ3n) is 3.06. The maximum Gasteiger partial charge on any atom is 0.122 e. The van der Waals surface area contributed by atoms with E-state index in [1.165, 1.54) is 5.56 Å². The van der Waals surface area contributed by atoms with Crippen molar-refractivity contribution in [3.05, 3.63) is 29.3 Å². The van der Waals surface area contributed by atoms with Gasteiger partial charge in [0.25, 0.3) is 0 Å². The van der Waals surface area contributed by atoms with Gasteiger partial charge >= 0.3 is 0 Å². The number of nitrogens with two attached hydrogens (primary N) is 1. The average Bonchev–Trinajstić information content (AvgIpc) is 2.25. The first-order valence-electron chi connectivity index (χ1n) is 6.29. The summed E-state index contributed by atoms with van der Waals surface area (Å²) in [5.74, 6) is 0.988. The largest absolute Gasteiger partial charge is 0.493 e. The van der Waals surface area contributed by atoms with Crippen LogP contribution in [0.15, 0.2) is 18.2 Å². The van der Waals surface area contributed by atoms with Gasteiger partial charge in [0.2, 0.25) is 0 Å². The zero-order valence-electron chi connectivity index (χ0n) is 12.0. The first kappa shape index (κ1) is 14.6. The van der Waals surface area contributed by atoms with Gasteiger partial charge in [-0.15, -0.1) is 0 Å². The Balaban J connectivity index is 2.78. The quantitative estimate of drug-likeness (QED) is 0.634. The zero-order chi connectivity index (χ0) is 13.9. The lowest BCUT2D eigenvalue weighted by molar-refractivity contribution is 0.290. The molecule has 0 heterocycles. The number of hydrogen-bond acceptors (Lipinski definition) is 2. The van der Waals surface area contributed by atoms with Crippen molar-refractivity contribution in [1.82, 2.24) is 0 Å². The van der Waals surface area contributed by atoms with E-state index in [0.717, 1.165) is 11.3 Å². The summed E-state index contributed by atoms with van der Waals surface area (Å²) in [6.45, 7) is 11.0. The van der Waals surface area contributed by atoms with E-state index in [4.69, 9.17) is 15.9 Å². The van der Waals surface area contributed by atoms with E-state index < -0.39 is 0 Å². The highest BCUT2D eigenvalue weighted by atomic mass is 16.5. The third-order valence-corrected chi connectivity index (χ3v) is 3.06. The van der Waals surface area contributed by atoms with Crippen molar-refractivity contribution in [3.8, 4) is 5.75 Å². The smallest absolute Gasteiger partial charge is 0.122 e. The standard InChI is InChI=1S/C15H24N2O/c1-10-8-12(15(3,4)5)6-7-13(10)18-9-11(2)14(16)17/h6-8,11H,9H2,1-5H3,(H3,16,17). The van der Waals surface area contributed by atoms with Gasteiger partial charge in [-0.2, -0.15) is 0 Å². The number of amidine groups is 1. The highest BCUT2D eigenvalue weighted by molar-refractivity contribution is 5.79. The Morgan fingerprint density at radius 1 is 1.39 bits per heavy atom. The summed E-state index contributed by atoms with van der Waals surface area (Å²) in [4.78, 5) is 0. The Kier molecular flexibility index (Phi) is 4.38. The minimum atomic E-state index is -0.0494. The molecule has 18 heavy (non-hydrogen) atoms. The minimum Gasteiger partial charge on any atom is -0.493 e. The molecule has 0 spiro atoms. The maximum atomic E-state index is 7.33. The fourth-order valence-electron chi connectivity index (χ4n) is 1.58. The molecule has 0 aliphatic carbocycles. The molecule has 0 radical (unpaired) electrons. The molecule has 100 valence electrons. The molecule has 0 amide bonds. The lowest BCUT2D eigenvalue weighted by Crippen LogP contribution is -2.25. The summed E-state index contributed by atoms with van der Waals surface area (Å²) >= 11 is 0. The van der Waals surface area contributed by atoms with Gasteiger partial charge in [0.1, 0.15) is 5.75 Å². The Hall–Kier alpha value is -1.51. The van der Waals surface area contributed by atoms with E-state index in [-0.39, 0.29) is 17.2 Å². The number of nitrogens with one attached hydrogen (secondary N) is 1. The van der Waals surface area contributed by atoms with Crippen LogP contribution in [0.5, 0.6) is 5.75 Å². The number of benzene rings is 1. The first-order chi connectivity index (χ1) is 8.21. The van der Waals surface area contributed by atoms with E-state index in [2.05, 4.69) is 32.9 Å². The first-order valence-corrected chi connectivity index (χ1v) is 6.29. The fraction of sp³-hybridized carbons (Fsp3) is 0.533. The van der Waals surface area contributed by atoms with Crippen LogP contribution in [0.4, 0.5) is 0 Å². The third kappa shape index (κ3) is 3.76. The number of hydrogen-bond donors (Lipinski definition) is 2. The summed E-state index contributed by atoms with van der Waals surface area (Å²) in [5, 5.41) is 7.33. The molecule has 0 aliphatic heterocycles. The van der Waals surface area contributed by atoms with Crippen LogP contribution in [0, 0.1) is 18.3 Å². The van der Waals surface area contributed by atoms with Crippen LogP contribution in [0.2, 0.25) is 0 Å². The molecule has 1 aromatic rings. The summed E-state index contributed by atoms with van der Waals surface area (Å²) in [5.41, 5.74) is 7.99. The summed E-state index contributed by atoms with van der Waals surface area (Å²) in [6.07, 6.45) is 0. The van der Waals surface area contributed by atoms with Crippen molar-refractivity contribution < 1.29 is 4.74 Å². The highest BCUT2D eigenvalue weighted by Crippen LogP contribution is 2.27. The molecule has 0 saturated heterocycles. The van der Waals surface area contributed by atoms with Gasteiger partial charge in [-0.1, -0.05) is 39.8 Å². The van der Waals surface area contributed by atoms with E-state index >= 15 is 0 Å². The van der Waals surface area contributed by atoms with Gasteiger partial charge in [-0.05, 0) is 29.5 Å². The van der Waals surface area contributed by atoms with Crippen molar-refractivity contribution >= 4 is 5.84 Å². The molecule has 0 aromatic heterocycles. The number of rotatable bonds is 4. The van der Waals surface area contributed by atoms with Crippen molar-refractivity contribution in [2.45, 2.75) is 40.0 Å². The summed E-state index contributed by atoms with van der Waals surface area (Å²) in [7, 11) is 0. The van der Waals surface area contributed by atoms with E-state index in [9.17, 15) is 0 Å². The Bertz CT molecular complexity index is 433. The van der Waals surface area contributed by atoms with E-state index in [1.807, 2.05) is 19.9 Å². The number of aryl methyl sites for hydroxylation is 1. The molecule has 3 nitrogen and oxygen atoms in total. The van der Waals surface area contributed by atoms with Crippen LogP contribution in [0.3, 0.4) is 0 Å². The van der Waals surface area contributed by atoms with Gasteiger partial charge in [0.05, 0.1) is 12.4 Å². The molecule has 3 N–H and O–H groups in total. The van der Waals surface area contributed by atoms with Crippen molar-refractivity contribution in [2.75, 3.05) is 6.61 Å². The Morgan fingerprint density at radius 2 is 2.00 bits per heavy atom. The average molecular weight is 248 g/mol. The second-order valence-electron chi connectivity index (χ2n) is 5.90. The predicted molar refractivity (Wildman–Crippen MR) is 76.5 cm³/mol. The topological polar surface area (TPSA) is 59.1 Å². The van der Waals surface area contributed by atoms with Crippen LogP contribution in [0.25, 0.3) is 0 Å². The molecule has 0 fully saturated rings. The molecule has 1 aromatic carbocycles. The van der Waals surface area contributed by atoms with Gasteiger partial charge in [-0.25, -0.2) is 0 Å². The molecular formula is C15H24N2O. The minimum absolute atomic E-state index is 0.0494. The predicted octanol–water partition coefficient (Wildman–Crippen LogP) is 3.24. The van der Waals surface area contributed by atoms with Crippen molar-refractivity contribution in [3.63, 3.8) is 0 Å². The molecule has 1 rings (SSSR count). The normalized spacial score (nSPS) is 13.2. The van der Waals surface area contributed by atoms with Crippen LogP contribution >= 0.6 is 0 Å². The second kappa shape index (κ2) is 5.42. The van der Waals surface area contributed by atoms with E-state index in [1.54, 1.807) is 0 Å². The zero-order valence-corrected chi connectivity index (χ0v) is 12.0. The van der Waals surface area contributed by atoms with Gasteiger partial charge in [0.15, 0.2) is 0 Å². The summed E-state index contributed by atoms with van der Waals surface area (Å²) < 4.78 is 5.71. The summed E-state index contributed by atoms with van der Waals surface area (Å²) in [6, 6.07) is 6.26. The molecule has 0 bridgehead atoms. The second-order valence-corrected chi connectivity index (χ2v) is 5.90. The monoisotopic (exact) mass is 248 g/mol. The molecule has 0 aliphatic rings. The molecule has 1 atom stereocenters. The Morgan fingerprint density at radius 3 is 2.44 bits per heavy atom. The van der Waals surface area contributed by atoms with Crippen LogP contribution < -0.4 is 10.5 Å². The van der Waals surface area contributed by atoms with Gasteiger partial charge < -0.3 is 10.5 Å². The molecule has 3 heteroatoms. The molecule has 1 unspecified atom stereocenters. The lowest BCUT2D eigenvalue weighted by Gasteiger charge is -2.21. The van der Waals surface area contributed by atoms with Crippen molar-refractivity contribution in [1.29, 1.82) is 5.41 Å². The van der Waals surface area contributed by atoms with Gasteiger partial charge in [-0.3, -0.25) is 5.41 Å². The lowest BCUT2D eigenvalue weighted by atomic mass is 9.86. The van der Waals surface area contributed by atoms with Crippen molar-refractivity contribution in [2.24, 2.45) is 11.7 Å². The van der Waals surface area contributed by atoms with E-state index in [0.29, 0.717) is 6.61 Å². The number of ether oxygens (including phenoxy) is 1. The SMILES string of the molecule is Cc1cc(C(C)(C)C)ccc1OCC(C)C(=N)N. The van der Waals surface area contributed by atoms with Gasteiger partial charge in [0, 0.05) is 5.92 Å². The van der Waals surface area contributed by atoms with Crippen LogP contribution in [-0.2, 0) is 5.41 Å².